The third-order valence-corrected chi connectivity index (χ3v) is 4.66. The zero-order valence-electron chi connectivity index (χ0n) is 17.5. The van der Waals surface area contributed by atoms with Crippen LogP contribution in [0.5, 0.6) is 17.2 Å². The monoisotopic (exact) mass is 396 g/mol. The summed E-state index contributed by atoms with van der Waals surface area (Å²) >= 11 is 0. The Morgan fingerprint density at radius 2 is 1.76 bits per heavy atom. The zero-order valence-corrected chi connectivity index (χ0v) is 17.5. The standard InChI is InChI=1S/C23H28N2O4/c1-16-5-6-17(2)23(18(16)3)29-14-13-28-21-15-19(7-8-20(21)27-4)10-12-25-22(26)9-11-24/h5-8,15H,9-10,12-14H2,1-4H3,(H,25,26). The van der Waals surface area contributed by atoms with Crippen LogP contribution in [0, 0.1) is 32.1 Å². The number of nitriles is 1. The summed E-state index contributed by atoms with van der Waals surface area (Å²) in [7, 11) is 1.60. The Balaban J connectivity index is 1.91. The molecule has 0 bridgehead atoms. The van der Waals surface area contributed by atoms with Gasteiger partial charge in [-0.1, -0.05) is 18.2 Å². The van der Waals surface area contributed by atoms with Crippen molar-refractivity contribution in [2.75, 3.05) is 26.9 Å². The SMILES string of the molecule is COc1ccc(CCNC(=O)CC#N)cc1OCCOc1c(C)ccc(C)c1C. The predicted molar refractivity (Wildman–Crippen MR) is 112 cm³/mol. The van der Waals surface area contributed by atoms with Gasteiger partial charge in [0, 0.05) is 6.54 Å². The lowest BCUT2D eigenvalue weighted by Gasteiger charge is -2.16. The maximum atomic E-state index is 11.4. The fourth-order valence-electron chi connectivity index (χ4n) is 2.91. The highest BCUT2D eigenvalue weighted by Gasteiger charge is 2.09. The van der Waals surface area contributed by atoms with Gasteiger partial charge in [-0.3, -0.25) is 4.79 Å². The lowest BCUT2D eigenvalue weighted by Crippen LogP contribution is -2.24. The van der Waals surface area contributed by atoms with Gasteiger partial charge in [-0.05, 0) is 61.6 Å². The van der Waals surface area contributed by atoms with Gasteiger partial charge in [0.25, 0.3) is 0 Å². The Morgan fingerprint density at radius 3 is 2.48 bits per heavy atom. The summed E-state index contributed by atoms with van der Waals surface area (Å²) in [5, 5.41) is 11.2. The van der Waals surface area contributed by atoms with E-state index in [1.807, 2.05) is 31.2 Å². The molecule has 0 spiro atoms. The van der Waals surface area contributed by atoms with Crippen LogP contribution in [0.2, 0.25) is 0 Å². The molecule has 0 aromatic heterocycles. The van der Waals surface area contributed by atoms with Crippen LogP contribution in [0.25, 0.3) is 0 Å². The molecule has 2 aromatic carbocycles. The van der Waals surface area contributed by atoms with Crippen LogP contribution >= 0.6 is 0 Å². The molecule has 0 saturated carbocycles. The van der Waals surface area contributed by atoms with Crippen molar-refractivity contribution in [1.29, 1.82) is 5.26 Å². The molecule has 0 aliphatic carbocycles. The van der Waals surface area contributed by atoms with Gasteiger partial charge in [0.2, 0.25) is 5.91 Å². The van der Waals surface area contributed by atoms with E-state index in [2.05, 4.69) is 31.3 Å². The van der Waals surface area contributed by atoms with E-state index in [1.54, 1.807) is 7.11 Å². The number of carbonyl (C=O) groups excluding carboxylic acids is 1. The molecule has 6 nitrogen and oxygen atoms in total. The van der Waals surface area contributed by atoms with Gasteiger partial charge < -0.3 is 19.5 Å². The van der Waals surface area contributed by atoms with Gasteiger partial charge in [-0.2, -0.15) is 5.26 Å². The Bertz CT molecular complexity index is 887. The molecular formula is C23H28N2O4. The summed E-state index contributed by atoms with van der Waals surface area (Å²) in [6.45, 7) is 7.41. The van der Waals surface area contributed by atoms with Gasteiger partial charge in [-0.15, -0.1) is 0 Å². The van der Waals surface area contributed by atoms with Gasteiger partial charge in [0.15, 0.2) is 11.5 Å². The molecule has 0 aliphatic heterocycles. The fraction of sp³-hybridized carbons (Fsp3) is 0.391. The van der Waals surface area contributed by atoms with Crippen LogP contribution in [0.3, 0.4) is 0 Å². The molecule has 29 heavy (non-hydrogen) atoms. The summed E-state index contributed by atoms with van der Waals surface area (Å²) in [4.78, 5) is 11.4. The van der Waals surface area contributed by atoms with Crippen molar-refractivity contribution in [2.24, 2.45) is 0 Å². The lowest BCUT2D eigenvalue weighted by molar-refractivity contribution is -0.120. The molecule has 154 valence electrons. The van der Waals surface area contributed by atoms with Crippen molar-refractivity contribution in [2.45, 2.75) is 33.6 Å². The van der Waals surface area contributed by atoms with Gasteiger partial charge >= 0.3 is 0 Å². The van der Waals surface area contributed by atoms with E-state index in [0.717, 1.165) is 22.4 Å². The average molecular weight is 396 g/mol. The minimum absolute atomic E-state index is 0.128. The summed E-state index contributed by atoms with van der Waals surface area (Å²) < 4.78 is 17.2. The van der Waals surface area contributed by atoms with Gasteiger partial charge in [0.1, 0.15) is 25.4 Å². The average Bonchev–Trinajstić information content (AvgIpc) is 2.70. The van der Waals surface area contributed by atoms with Gasteiger partial charge in [-0.25, -0.2) is 0 Å². The smallest absolute Gasteiger partial charge is 0.234 e. The summed E-state index contributed by atoms with van der Waals surface area (Å²) in [6, 6.07) is 11.7. The fourth-order valence-corrected chi connectivity index (χ4v) is 2.91. The quantitative estimate of drug-likeness (QED) is 0.620. The molecule has 0 saturated heterocycles. The number of ether oxygens (including phenoxy) is 3. The number of amides is 1. The van der Waals surface area contributed by atoms with Crippen LogP contribution in [0.1, 0.15) is 28.7 Å². The summed E-state index contributed by atoms with van der Waals surface area (Å²) in [6.07, 6.45) is 0.507. The second kappa shape index (κ2) is 11.0. The molecule has 2 rings (SSSR count). The maximum Gasteiger partial charge on any atom is 0.234 e. The van der Waals surface area contributed by atoms with Gasteiger partial charge in [0.05, 0.1) is 13.2 Å². The van der Waals surface area contributed by atoms with E-state index in [-0.39, 0.29) is 12.3 Å². The first-order valence-electron chi connectivity index (χ1n) is 9.59. The van der Waals surface area contributed by atoms with Crippen LogP contribution in [0.4, 0.5) is 0 Å². The second-order valence-corrected chi connectivity index (χ2v) is 6.77. The molecule has 1 N–H and O–H groups in total. The number of benzene rings is 2. The van der Waals surface area contributed by atoms with Crippen molar-refractivity contribution in [3.05, 3.63) is 52.6 Å². The molecule has 6 heteroatoms. The van der Waals surface area contributed by atoms with Crippen molar-refractivity contribution in [3.63, 3.8) is 0 Å². The predicted octanol–water partition coefficient (Wildman–Crippen LogP) is 3.65. The van der Waals surface area contributed by atoms with E-state index >= 15 is 0 Å². The number of methoxy groups -OCH3 is 1. The number of carbonyl (C=O) groups is 1. The number of nitrogens with zero attached hydrogens (tertiary/aromatic N) is 1. The third-order valence-electron chi connectivity index (χ3n) is 4.66. The molecule has 0 radical (unpaired) electrons. The number of nitrogens with one attached hydrogen (secondary N) is 1. The third kappa shape index (κ3) is 6.42. The van der Waals surface area contributed by atoms with E-state index < -0.39 is 0 Å². The molecule has 0 atom stereocenters. The Kier molecular flexibility index (Phi) is 8.35. The van der Waals surface area contributed by atoms with Crippen LogP contribution in [-0.2, 0) is 11.2 Å². The van der Waals surface area contributed by atoms with Crippen LogP contribution in [-0.4, -0.2) is 32.8 Å². The largest absolute Gasteiger partial charge is 0.493 e. The molecule has 0 aliphatic rings. The molecule has 1 amide bonds. The van der Waals surface area contributed by atoms with E-state index in [0.29, 0.717) is 37.7 Å². The van der Waals surface area contributed by atoms with Crippen LogP contribution < -0.4 is 19.5 Å². The minimum Gasteiger partial charge on any atom is -0.493 e. The Morgan fingerprint density at radius 1 is 1.03 bits per heavy atom. The number of rotatable bonds is 10. The highest BCUT2D eigenvalue weighted by Crippen LogP contribution is 2.29. The molecule has 0 heterocycles. The maximum absolute atomic E-state index is 11.4. The van der Waals surface area contributed by atoms with Crippen molar-refractivity contribution in [3.8, 4) is 23.3 Å². The first-order valence-corrected chi connectivity index (χ1v) is 9.59. The summed E-state index contributed by atoms with van der Waals surface area (Å²) in [5.41, 5.74) is 4.45. The second-order valence-electron chi connectivity index (χ2n) is 6.77. The topological polar surface area (TPSA) is 80.6 Å². The highest BCUT2D eigenvalue weighted by atomic mass is 16.5. The first-order chi connectivity index (χ1) is 14.0. The molecular weight excluding hydrogens is 368 g/mol. The minimum atomic E-state index is -0.267. The molecule has 0 fully saturated rings. The van der Waals surface area contributed by atoms with E-state index in [4.69, 9.17) is 19.5 Å². The number of hydrogen-bond acceptors (Lipinski definition) is 5. The van der Waals surface area contributed by atoms with Crippen molar-refractivity contribution >= 4 is 5.91 Å². The first kappa shape index (κ1) is 22.1. The van der Waals surface area contributed by atoms with E-state index in [1.165, 1.54) is 5.56 Å². The number of hydrogen-bond donors (Lipinski definition) is 1. The van der Waals surface area contributed by atoms with Crippen molar-refractivity contribution < 1.29 is 19.0 Å². The van der Waals surface area contributed by atoms with E-state index in [9.17, 15) is 4.79 Å². The Labute approximate surface area is 172 Å². The molecule has 2 aromatic rings. The summed E-state index contributed by atoms with van der Waals surface area (Å²) in [5.74, 6) is 1.92. The van der Waals surface area contributed by atoms with Crippen molar-refractivity contribution in [1.82, 2.24) is 5.32 Å². The lowest BCUT2D eigenvalue weighted by atomic mass is 10.1. The number of aryl methyl sites for hydroxylation is 2. The molecule has 0 unspecified atom stereocenters. The van der Waals surface area contributed by atoms with Crippen LogP contribution in [0.15, 0.2) is 30.3 Å². The normalized spacial score (nSPS) is 10.2. The zero-order chi connectivity index (χ0) is 21.2. The Hall–Kier alpha value is -3.20. The highest BCUT2D eigenvalue weighted by molar-refractivity contribution is 5.77.